The second-order valence-corrected chi connectivity index (χ2v) is 16.2. The molecular formula is C39H65O24-. The molecular weight excluding hydrogens is 852 g/mol. The Morgan fingerprint density at radius 3 is 1.67 bits per heavy atom. The van der Waals surface area contributed by atoms with Gasteiger partial charge in [-0.2, -0.15) is 0 Å². The molecule has 0 aromatic heterocycles. The van der Waals surface area contributed by atoms with E-state index in [1.54, 1.807) is 13.8 Å². The standard InChI is InChI=1S/C39H66O24/c1-5-22-31(47)28(44)18(16(3)59-22)9-54-12-24-32(48)29(45)19(23(8-41)60-24)10-55-13-25-33(49)30(46)20(35(62-25)38(51)52)11-56-14-27-36(63-39(53)21(43)7-40)37(57-6-2)34(50)26(61-27)15-58-17(4)42/h16,18-37,40-41,43-50H,5-15H2,1-4H3,(H,51,52)/p-1. The Morgan fingerprint density at radius 1 is 0.603 bits per heavy atom. The van der Waals surface area contributed by atoms with Crippen molar-refractivity contribution in [3.63, 3.8) is 0 Å². The summed E-state index contributed by atoms with van der Waals surface area (Å²) >= 11 is 0. The average Bonchev–Trinajstić information content (AvgIpc) is 3.25. The largest absolute Gasteiger partial charge is 0.547 e. The van der Waals surface area contributed by atoms with Gasteiger partial charge >= 0.3 is 11.9 Å². The molecule has 4 aliphatic heterocycles. The summed E-state index contributed by atoms with van der Waals surface area (Å²) in [6.07, 6.45) is -23.9. The zero-order valence-corrected chi connectivity index (χ0v) is 35.6. The van der Waals surface area contributed by atoms with Crippen molar-refractivity contribution in [2.75, 3.05) is 66.1 Å². The second-order valence-electron chi connectivity index (χ2n) is 16.2. The van der Waals surface area contributed by atoms with E-state index in [0.717, 1.165) is 6.92 Å². The number of hydrogen-bond donors (Lipinski definition) is 10. The van der Waals surface area contributed by atoms with E-state index in [1.165, 1.54) is 0 Å². The molecule has 0 aromatic rings. The highest BCUT2D eigenvalue weighted by Crippen LogP contribution is 2.33. The van der Waals surface area contributed by atoms with Crippen molar-refractivity contribution in [2.45, 2.75) is 144 Å². The molecule has 21 unspecified atom stereocenters. The molecule has 0 bridgehead atoms. The number of aliphatic carboxylic acids is 1. The number of hydrogen-bond acceptors (Lipinski definition) is 24. The van der Waals surface area contributed by atoms with E-state index in [2.05, 4.69) is 0 Å². The van der Waals surface area contributed by atoms with Gasteiger partial charge in [0.05, 0.1) is 95.4 Å². The van der Waals surface area contributed by atoms with Crippen LogP contribution in [0.25, 0.3) is 0 Å². The lowest BCUT2D eigenvalue weighted by atomic mass is 9.86. The predicted octanol–water partition coefficient (Wildman–Crippen LogP) is -7.11. The summed E-state index contributed by atoms with van der Waals surface area (Å²) in [6.45, 7) is 1.66. The molecule has 4 heterocycles. The van der Waals surface area contributed by atoms with Gasteiger partial charge in [-0.3, -0.25) is 4.79 Å². The monoisotopic (exact) mass is 917 g/mol. The van der Waals surface area contributed by atoms with E-state index < -0.39 is 192 Å². The highest BCUT2D eigenvalue weighted by molar-refractivity contribution is 5.74. The van der Waals surface area contributed by atoms with Crippen LogP contribution in [0.5, 0.6) is 0 Å². The van der Waals surface area contributed by atoms with Crippen molar-refractivity contribution in [3.8, 4) is 0 Å². The minimum Gasteiger partial charge on any atom is -0.547 e. The van der Waals surface area contributed by atoms with Gasteiger partial charge in [0.15, 0.2) is 12.2 Å². The van der Waals surface area contributed by atoms with Crippen molar-refractivity contribution in [3.05, 3.63) is 0 Å². The molecule has 4 aliphatic rings. The molecule has 10 N–H and O–H groups in total. The number of carbonyl (C=O) groups is 3. The normalized spacial score (nSPS) is 41.4. The minimum absolute atomic E-state index is 0.0144. The summed E-state index contributed by atoms with van der Waals surface area (Å²) in [4.78, 5) is 36.3. The molecule has 63 heavy (non-hydrogen) atoms. The predicted molar refractivity (Wildman–Crippen MR) is 203 cm³/mol. The Morgan fingerprint density at radius 2 is 1.11 bits per heavy atom. The molecule has 366 valence electrons. The molecule has 0 spiro atoms. The van der Waals surface area contributed by atoms with Crippen molar-refractivity contribution >= 4 is 17.9 Å². The van der Waals surface area contributed by atoms with Crippen molar-refractivity contribution in [1.29, 1.82) is 0 Å². The van der Waals surface area contributed by atoms with Gasteiger partial charge in [-0.15, -0.1) is 0 Å². The van der Waals surface area contributed by atoms with Crippen LogP contribution >= 0.6 is 0 Å². The first kappa shape index (κ1) is 53.3. The molecule has 0 aromatic carbocycles. The van der Waals surface area contributed by atoms with E-state index in [4.69, 9.17) is 47.4 Å². The smallest absolute Gasteiger partial charge is 0.337 e. The number of esters is 2. The highest BCUT2D eigenvalue weighted by atomic mass is 16.6. The first-order chi connectivity index (χ1) is 29.9. The topological polar surface area (TPSA) is 369 Å². The summed E-state index contributed by atoms with van der Waals surface area (Å²) < 4.78 is 56.0. The summed E-state index contributed by atoms with van der Waals surface area (Å²) in [5.41, 5.74) is 0. The van der Waals surface area contributed by atoms with Crippen molar-refractivity contribution in [1.82, 2.24) is 0 Å². The van der Waals surface area contributed by atoms with Crippen LogP contribution in [0.2, 0.25) is 0 Å². The van der Waals surface area contributed by atoms with Gasteiger partial charge in [0.25, 0.3) is 0 Å². The summed E-state index contributed by atoms with van der Waals surface area (Å²) in [5, 5.41) is 117. The zero-order chi connectivity index (χ0) is 46.7. The number of carboxylic acids is 1. The molecule has 4 fully saturated rings. The summed E-state index contributed by atoms with van der Waals surface area (Å²) in [6, 6.07) is 0. The fraction of sp³-hybridized carbons (Fsp3) is 0.923. The molecule has 4 rings (SSSR count). The first-order valence-electron chi connectivity index (χ1n) is 21.1. The lowest BCUT2D eigenvalue weighted by Gasteiger charge is -2.45. The lowest BCUT2D eigenvalue weighted by molar-refractivity contribution is -0.332. The van der Waals surface area contributed by atoms with Crippen LogP contribution in [-0.4, -0.2) is 245 Å². The second kappa shape index (κ2) is 25.0. The Hall–Kier alpha value is -2.31. The molecule has 21 atom stereocenters. The SMILES string of the molecule is CCOC1C(O)C(COC(C)=O)OC(COCC2C(C(=O)[O-])OC(COCC3C(CO)OC(COCC4C(C)OC(CC)C(O)C4O)C(O)C3O)C(O)C2O)C1OC(=O)C(O)CO. The fourth-order valence-electron chi connectivity index (χ4n) is 8.23. The van der Waals surface area contributed by atoms with Crippen LogP contribution in [0, 0.1) is 17.8 Å². The van der Waals surface area contributed by atoms with Crippen LogP contribution in [0.1, 0.15) is 34.1 Å². The van der Waals surface area contributed by atoms with Crippen LogP contribution in [0.3, 0.4) is 0 Å². The molecule has 0 aliphatic carbocycles. The number of aliphatic hydroxyl groups is 10. The maximum atomic E-state index is 12.5. The maximum Gasteiger partial charge on any atom is 0.337 e. The van der Waals surface area contributed by atoms with E-state index >= 15 is 0 Å². The van der Waals surface area contributed by atoms with E-state index in [-0.39, 0.29) is 19.8 Å². The molecule has 24 nitrogen and oxygen atoms in total. The van der Waals surface area contributed by atoms with Gasteiger partial charge in [-0.1, -0.05) is 6.92 Å². The third-order valence-electron chi connectivity index (χ3n) is 11.9. The molecule has 0 amide bonds. The van der Waals surface area contributed by atoms with Crippen LogP contribution in [-0.2, 0) is 61.8 Å². The van der Waals surface area contributed by atoms with Gasteiger partial charge < -0.3 is 108 Å². The van der Waals surface area contributed by atoms with Gasteiger partial charge in [0.2, 0.25) is 0 Å². The van der Waals surface area contributed by atoms with Gasteiger partial charge in [-0.05, 0) is 20.3 Å². The number of rotatable bonds is 22. The molecule has 0 saturated carbocycles. The van der Waals surface area contributed by atoms with E-state index in [9.17, 15) is 70.6 Å². The molecule has 0 radical (unpaired) electrons. The van der Waals surface area contributed by atoms with Gasteiger partial charge in [0, 0.05) is 31.3 Å². The third-order valence-corrected chi connectivity index (χ3v) is 11.9. The average molecular weight is 918 g/mol. The lowest BCUT2D eigenvalue weighted by Crippen LogP contribution is -2.63. The Kier molecular flexibility index (Phi) is 21.2. The Bertz CT molecular complexity index is 1410. The maximum absolute atomic E-state index is 12.5. The third kappa shape index (κ3) is 13.4. The quantitative estimate of drug-likeness (QED) is 0.0451. The van der Waals surface area contributed by atoms with Crippen LogP contribution in [0.15, 0.2) is 0 Å². The Balaban J connectivity index is 1.33. The number of ether oxygens (including phenoxy) is 10. The Labute approximate surface area is 363 Å². The minimum atomic E-state index is -1.97. The number of aliphatic hydroxyl groups excluding tert-OH is 10. The summed E-state index contributed by atoms with van der Waals surface area (Å²) in [5.74, 6) is -6.94. The van der Waals surface area contributed by atoms with Crippen molar-refractivity contribution < 1.29 is 118 Å². The van der Waals surface area contributed by atoms with E-state index in [0.29, 0.717) is 6.42 Å². The van der Waals surface area contributed by atoms with Gasteiger partial charge in [-0.25, -0.2) is 4.79 Å². The van der Waals surface area contributed by atoms with E-state index in [1.807, 2.05) is 6.92 Å². The highest BCUT2D eigenvalue weighted by Gasteiger charge is 2.51. The molecule has 4 saturated heterocycles. The van der Waals surface area contributed by atoms with Crippen LogP contribution < -0.4 is 5.11 Å². The van der Waals surface area contributed by atoms with Crippen LogP contribution in [0.4, 0.5) is 0 Å². The zero-order valence-electron chi connectivity index (χ0n) is 35.6. The number of carbonyl (C=O) groups excluding carboxylic acids is 3. The van der Waals surface area contributed by atoms with Gasteiger partial charge in [0.1, 0.15) is 67.6 Å². The first-order valence-corrected chi connectivity index (χ1v) is 21.1. The molecule has 24 heteroatoms. The summed E-state index contributed by atoms with van der Waals surface area (Å²) in [7, 11) is 0. The fourth-order valence-corrected chi connectivity index (χ4v) is 8.23. The van der Waals surface area contributed by atoms with Crippen molar-refractivity contribution in [2.24, 2.45) is 17.8 Å². The number of carboxylic acid groups (broad SMARTS) is 1.